The fourth-order valence-corrected chi connectivity index (χ4v) is 5.04. The Bertz CT molecular complexity index is 1260. The molecule has 2 fully saturated rings. The summed E-state index contributed by atoms with van der Waals surface area (Å²) in [6.45, 7) is 1.21. The number of carboxylic acids is 1. The van der Waals surface area contributed by atoms with Crippen LogP contribution in [0, 0.1) is 0 Å². The Balaban J connectivity index is 1.44. The van der Waals surface area contributed by atoms with Gasteiger partial charge in [-0.05, 0) is 35.7 Å². The van der Waals surface area contributed by atoms with Gasteiger partial charge in [0.2, 0.25) is 0 Å². The van der Waals surface area contributed by atoms with Crippen molar-refractivity contribution in [1.29, 1.82) is 0 Å². The van der Waals surface area contributed by atoms with E-state index in [1.807, 2.05) is 30.3 Å². The lowest BCUT2D eigenvalue weighted by molar-refractivity contribution is -0.143. The number of hydrogen-bond donors (Lipinski definition) is 2. The molecule has 5 rings (SSSR count). The molecule has 7 nitrogen and oxygen atoms in total. The van der Waals surface area contributed by atoms with Gasteiger partial charge >= 0.3 is 5.97 Å². The minimum absolute atomic E-state index is 0.153. The summed E-state index contributed by atoms with van der Waals surface area (Å²) in [4.78, 5) is 25.2. The van der Waals surface area contributed by atoms with Gasteiger partial charge in [0.25, 0.3) is 5.91 Å². The summed E-state index contributed by atoms with van der Waals surface area (Å²) in [5, 5.41) is 14.5. The molecule has 2 aromatic carbocycles. The van der Waals surface area contributed by atoms with Gasteiger partial charge in [0.05, 0.1) is 29.9 Å². The SMILES string of the molecule is Cn1c(C(=O)NC2(c3ccc(C4(C(=O)O)CCOC4)cc3)COC2)cc2c(Cl)c(Cl)ccc21. The van der Waals surface area contributed by atoms with Gasteiger partial charge in [-0.1, -0.05) is 47.5 Å². The summed E-state index contributed by atoms with van der Waals surface area (Å²) in [5.74, 6) is -1.16. The van der Waals surface area contributed by atoms with Gasteiger partial charge in [0.1, 0.15) is 16.6 Å². The molecule has 0 radical (unpaired) electrons. The summed E-state index contributed by atoms with van der Waals surface area (Å²) < 4.78 is 12.6. The van der Waals surface area contributed by atoms with Crippen molar-refractivity contribution in [2.75, 3.05) is 26.4 Å². The van der Waals surface area contributed by atoms with Gasteiger partial charge in [-0.15, -0.1) is 0 Å². The maximum atomic E-state index is 13.3. The van der Waals surface area contributed by atoms with Gasteiger partial charge in [0.15, 0.2) is 0 Å². The topological polar surface area (TPSA) is 89.8 Å². The number of nitrogens with one attached hydrogen (secondary N) is 1. The quantitative estimate of drug-likeness (QED) is 0.568. The van der Waals surface area contributed by atoms with Crippen LogP contribution < -0.4 is 5.32 Å². The van der Waals surface area contributed by atoms with Crippen LogP contribution in [0.2, 0.25) is 10.0 Å². The van der Waals surface area contributed by atoms with E-state index in [0.717, 1.165) is 11.1 Å². The lowest BCUT2D eigenvalue weighted by atomic mass is 9.78. The number of halogens is 2. The molecule has 2 N–H and O–H groups in total. The Kier molecular flexibility index (Phi) is 5.40. The van der Waals surface area contributed by atoms with Crippen molar-refractivity contribution in [3.8, 4) is 0 Å². The normalized spacial score (nSPS) is 21.7. The molecule has 3 heterocycles. The second-order valence-corrected chi connectivity index (χ2v) is 9.46. The van der Waals surface area contributed by atoms with E-state index in [1.165, 1.54) is 0 Å². The lowest BCUT2D eigenvalue weighted by Crippen LogP contribution is -2.59. The number of fused-ring (bicyclic) bond motifs is 1. The summed E-state index contributed by atoms with van der Waals surface area (Å²) in [6.07, 6.45) is 0.431. The first-order valence-corrected chi connectivity index (χ1v) is 11.3. The fraction of sp³-hybridized carbons (Fsp3) is 0.333. The van der Waals surface area contributed by atoms with Crippen molar-refractivity contribution < 1.29 is 24.2 Å². The zero-order chi connectivity index (χ0) is 23.4. The Morgan fingerprint density at radius 1 is 1.03 bits per heavy atom. The van der Waals surface area contributed by atoms with Crippen LogP contribution in [0.5, 0.6) is 0 Å². The van der Waals surface area contributed by atoms with Crippen molar-refractivity contribution in [1.82, 2.24) is 9.88 Å². The number of amides is 1. The minimum Gasteiger partial charge on any atom is -0.481 e. The highest BCUT2D eigenvalue weighted by atomic mass is 35.5. The smallest absolute Gasteiger partial charge is 0.316 e. The van der Waals surface area contributed by atoms with Crippen molar-refractivity contribution in [2.24, 2.45) is 7.05 Å². The molecule has 1 amide bonds. The van der Waals surface area contributed by atoms with Crippen LogP contribution in [0.1, 0.15) is 28.0 Å². The molecule has 2 aliphatic heterocycles. The van der Waals surface area contributed by atoms with Gasteiger partial charge in [-0.3, -0.25) is 9.59 Å². The first-order valence-electron chi connectivity index (χ1n) is 10.5. The number of rotatable bonds is 5. The number of ether oxygens (including phenoxy) is 2. The van der Waals surface area contributed by atoms with Gasteiger partial charge < -0.3 is 24.5 Å². The van der Waals surface area contributed by atoms with E-state index in [0.29, 0.717) is 52.9 Å². The average Bonchev–Trinajstić information content (AvgIpc) is 3.40. The predicted octanol–water partition coefficient (Wildman–Crippen LogP) is 3.88. The molecule has 0 aliphatic carbocycles. The van der Waals surface area contributed by atoms with Crippen LogP contribution >= 0.6 is 23.2 Å². The summed E-state index contributed by atoms with van der Waals surface area (Å²) in [6, 6.07) is 12.6. The van der Waals surface area contributed by atoms with Gasteiger partial charge in [-0.2, -0.15) is 0 Å². The number of aromatic nitrogens is 1. The molecule has 1 aromatic heterocycles. The van der Waals surface area contributed by atoms with Crippen LogP contribution in [0.25, 0.3) is 10.9 Å². The molecular formula is C24H22Cl2N2O5. The van der Waals surface area contributed by atoms with Crippen LogP contribution in [0.15, 0.2) is 42.5 Å². The fourth-order valence-electron chi connectivity index (χ4n) is 4.66. The standard InChI is InChI=1S/C24H22Cl2N2O5/c1-28-18-7-6-17(25)20(26)16(18)10-19(28)21(29)27-24(12-33-13-24)15-4-2-14(3-5-15)23(22(30)31)8-9-32-11-23/h2-7,10H,8-9,11-13H2,1H3,(H,27,29)(H,30,31). The third-order valence-corrected chi connectivity index (χ3v) is 7.64. The van der Waals surface area contributed by atoms with Crippen LogP contribution in [-0.2, 0) is 32.3 Å². The highest BCUT2D eigenvalue weighted by Crippen LogP contribution is 2.37. The maximum Gasteiger partial charge on any atom is 0.316 e. The third-order valence-electron chi connectivity index (χ3n) is 6.82. The van der Waals surface area contributed by atoms with Gasteiger partial charge in [-0.25, -0.2) is 0 Å². The largest absolute Gasteiger partial charge is 0.481 e. The number of carboxylic acid groups (broad SMARTS) is 1. The van der Waals surface area contributed by atoms with Gasteiger partial charge in [0, 0.05) is 24.6 Å². The number of aliphatic carboxylic acids is 1. The molecule has 33 heavy (non-hydrogen) atoms. The van der Waals surface area contributed by atoms with Crippen molar-refractivity contribution in [3.05, 3.63) is 69.3 Å². The molecule has 0 bridgehead atoms. The van der Waals surface area contributed by atoms with E-state index in [4.69, 9.17) is 32.7 Å². The summed E-state index contributed by atoms with van der Waals surface area (Å²) in [7, 11) is 1.80. The molecule has 0 saturated carbocycles. The van der Waals surface area contributed by atoms with E-state index in [-0.39, 0.29) is 12.5 Å². The van der Waals surface area contributed by atoms with Crippen molar-refractivity contribution in [2.45, 2.75) is 17.4 Å². The molecule has 2 aliphatic rings. The van der Waals surface area contributed by atoms with Crippen LogP contribution in [0.3, 0.4) is 0 Å². The number of nitrogens with zero attached hydrogens (tertiary/aromatic N) is 1. The zero-order valence-corrected chi connectivity index (χ0v) is 19.4. The second-order valence-electron chi connectivity index (χ2n) is 8.68. The molecule has 3 aromatic rings. The first kappa shape index (κ1) is 22.2. The van der Waals surface area contributed by atoms with E-state index < -0.39 is 16.9 Å². The highest BCUT2D eigenvalue weighted by Gasteiger charge is 2.46. The molecule has 172 valence electrons. The minimum atomic E-state index is -1.03. The summed E-state index contributed by atoms with van der Waals surface area (Å²) in [5.41, 5.74) is 1.06. The highest BCUT2D eigenvalue weighted by molar-refractivity contribution is 6.45. The van der Waals surface area contributed by atoms with E-state index in [1.54, 1.807) is 23.7 Å². The molecule has 0 spiro atoms. The molecule has 1 unspecified atom stereocenters. The van der Waals surface area contributed by atoms with Crippen LogP contribution in [0.4, 0.5) is 0 Å². The Morgan fingerprint density at radius 2 is 1.73 bits per heavy atom. The molecule has 2 saturated heterocycles. The lowest BCUT2D eigenvalue weighted by Gasteiger charge is -2.42. The molecule has 9 heteroatoms. The van der Waals surface area contributed by atoms with E-state index in [2.05, 4.69) is 5.32 Å². The number of hydrogen-bond acceptors (Lipinski definition) is 4. The Morgan fingerprint density at radius 3 is 2.30 bits per heavy atom. The summed E-state index contributed by atoms with van der Waals surface area (Å²) >= 11 is 12.5. The first-order chi connectivity index (χ1) is 15.8. The van der Waals surface area contributed by atoms with Crippen LogP contribution in [-0.4, -0.2) is 48.0 Å². The van der Waals surface area contributed by atoms with Crippen molar-refractivity contribution >= 4 is 46.0 Å². The average molecular weight is 489 g/mol. The number of carbonyl (C=O) groups excluding carboxylic acids is 1. The predicted molar refractivity (Wildman–Crippen MR) is 124 cm³/mol. The monoisotopic (exact) mass is 488 g/mol. The molecular weight excluding hydrogens is 467 g/mol. The maximum absolute atomic E-state index is 13.3. The molecule has 1 atom stereocenters. The number of aryl methyl sites for hydroxylation is 1. The van der Waals surface area contributed by atoms with Crippen molar-refractivity contribution in [3.63, 3.8) is 0 Å². The number of benzene rings is 2. The van der Waals surface area contributed by atoms with E-state index >= 15 is 0 Å². The zero-order valence-electron chi connectivity index (χ0n) is 17.9. The Hall–Kier alpha value is -2.58. The number of carbonyl (C=O) groups is 2. The Labute approximate surface area is 200 Å². The van der Waals surface area contributed by atoms with E-state index in [9.17, 15) is 14.7 Å². The third kappa shape index (κ3) is 3.42. The second kappa shape index (κ2) is 8.02.